The van der Waals surface area contributed by atoms with E-state index in [0.29, 0.717) is 0 Å². The van der Waals surface area contributed by atoms with Crippen molar-refractivity contribution in [3.05, 3.63) is 119 Å². The van der Waals surface area contributed by atoms with Crippen molar-refractivity contribution in [1.29, 1.82) is 0 Å². The van der Waals surface area contributed by atoms with Crippen LogP contribution in [0.15, 0.2) is 97.1 Å². The molecule has 4 bridgehead atoms. The Morgan fingerprint density at radius 3 is 1.38 bits per heavy atom. The highest BCUT2D eigenvalue weighted by molar-refractivity contribution is 7.79. The van der Waals surface area contributed by atoms with Crippen molar-refractivity contribution in [2.45, 2.75) is 101 Å². The Labute approximate surface area is 256 Å². The first-order chi connectivity index (χ1) is 20.8. The topological polar surface area (TPSA) is 0 Å². The van der Waals surface area contributed by atoms with Crippen molar-refractivity contribution in [1.82, 2.24) is 0 Å². The summed E-state index contributed by atoms with van der Waals surface area (Å²) >= 11 is 0. The van der Waals surface area contributed by atoms with E-state index < -0.39 is 7.92 Å². The molecular formula is C40H46P2. The molecule has 0 amide bonds. The van der Waals surface area contributed by atoms with E-state index in [-0.39, 0.29) is 7.92 Å². The van der Waals surface area contributed by atoms with Crippen molar-refractivity contribution in [2.24, 2.45) is 0 Å². The van der Waals surface area contributed by atoms with Gasteiger partial charge in [0.15, 0.2) is 0 Å². The molecule has 2 fully saturated rings. The molecule has 0 spiro atoms. The van der Waals surface area contributed by atoms with E-state index in [4.69, 9.17) is 0 Å². The van der Waals surface area contributed by atoms with Gasteiger partial charge in [-0.2, -0.15) is 0 Å². The molecule has 216 valence electrons. The second kappa shape index (κ2) is 13.6. The SMILES string of the molecule is c1ccc(P(c2ccccc2)c2cc3ccc2CCc2ccc(cc2P(C2CCCCC2)C2CCCCC2)CC3)cc1. The van der Waals surface area contributed by atoms with Crippen LogP contribution in [0, 0.1) is 0 Å². The molecule has 4 aromatic rings. The summed E-state index contributed by atoms with van der Waals surface area (Å²) in [6.45, 7) is 0. The Balaban J connectivity index is 1.29. The van der Waals surface area contributed by atoms with E-state index in [1.54, 1.807) is 22.0 Å². The van der Waals surface area contributed by atoms with E-state index in [1.807, 2.05) is 5.30 Å². The van der Waals surface area contributed by atoms with Gasteiger partial charge in [-0.05, 0) is 114 Å². The predicted octanol–water partition coefficient (Wildman–Crippen LogP) is 9.10. The largest absolute Gasteiger partial charge is 0.0686 e. The van der Waals surface area contributed by atoms with Crippen LogP contribution in [0.25, 0.3) is 0 Å². The van der Waals surface area contributed by atoms with Gasteiger partial charge in [0.05, 0.1) is 0 Å². The van der Waals surface area contributed by atoms with Gasteiger partial charge >= 0.3 is 0 Å². The number of benzene rings is 4. The van der Waals surface area contributed by atoms with Crippen LogP contribution in [0.1, 0.15) is 86.5 Å². The quantitative estimate of drug-likeness (QED) is 0.197. The molecule has 10 rings (SSSR count). The smallest absolute Gasteiger partial charge is 0.0116 e. The molecular weight excluding hydrogens is 542 g/mol. The first-order valence-electron chi connectivity index (χ1n) is 16.8. The van der Waals surface area contributed by atoms with Crippen LogP contribution in [-0.4, -0.2) is 11.3 Å². The van der Waals surface area contributed by atoms with Gasteiger partial charge in [0.25, 0.3) is 0 Å². The lowest BCUT2D eigenvalue weighted by molar-refractivity contribution is 0.487. The summed E-state index contributed by atoms with van der Waals surface area (Å²) in [4.78, 5) is 0. The third-order valence-electron chi connectivity index (χ3n) is 10.1. The minimum atomic E-state index is -0.593. The Hall–Kier alpha value is -2.26. The normalized spacial score (nSPS) is 18.3. The molecule has 0 unspecified atom stereocenters. The van der Waals surface area contributed by atoms with E-state index in [1.165, 1.54) is 86.8 Å². The highest BCUT2D eigenvalue weighted by atomic mass is 31.1. The molecule has 42 heavy (non-hydrogen) atoms. The van der Waals surface area contributed by atoms with Crippen LogP contribution in [0.3, 0.4) is 0 Å². The summed E-state index contributed by atoms with van der Waals surface area (Å²) in [5.74, 6) is 0. The van der Waals surface area contributed by atoms with Crippen LogP contribution in [0.2, 0.25) is 0 Å². The molecule has 2 saturated carbocycles. The fourth-order valence-electron chi connectivity index (χ4n) is 7.95. The summed E-state index contributed by atoms with van der Waals surface area (Å²) in [6.07, 6.45) is 19.3. The lowest BCUT2D eigenvalue weighted by Gasteiger charge is -2.40. The number of hydrogen-bond acceptors (Lipinski definition) is 0. The highest BCUT2D eigenvalue weighted by Crippen LogP contribution is 2.55. The second-order valence-corrected chi connectivity index (χ2v) is 17.9. The zero-order valence-electron chi connectivity index (χ0n) is 25.2. The molecule has 0 aromatic heterocycles. The number of rotatable bonds is 6. The predicted molar refractivity (Wildman–Crippen MR) is 187 cm³/mol. The molecule has 0 nitrogen and oxygen atoms in total. The van der Waals surface area contributed by atoms with E-state index in [0.717, 1.165) is 30.6 Å². The maximum Gasteiger partial charge on any atom is -0.0116 e. The molecule has 0 atom stereocenters. The average molecular weight is 589 g/mol. The lowest BCUT2D eigenvalue weighted by Crippen LogP contribution is -2.29. The summed E-state index contributed by atoms with van der Waals surface area (Å²) in [7, 11) is -0.683. The van der Waals surface area contributed by atoms with Crippen LogP contribution in [0.4, 0.5) is 0 Å². The zero-order chi connectivity index (χ0) is 28.1. The monoisotopic (exact) mass is 588 g/mol. The molecule has 0 radical (unpaired) electrons. The Kier molecular flexibility index (Phi) is 9.22. The first kappa shape index (κ1) is 28.5. The van der Waals surface area contributed by atoms with Gasteiger partial charge in [0, 0.05) is 0 Å². The summed E-state index contributed by atoms with van der Waals surface area (Å²) < 4.78 is 0. The molecule has 0 aliphatic heterocycles. The number of hydrogen-bond donors (Lipinski definition) is 0. The first-order valence-corrected chi connectivity index (χ1v) is 19.6. The maximum atomic E-state index is 2.74. The van der Waals surface area contributed by atoms with Crippen molar-refractivity contribution in [3.63, 3.8) is 0 Å². The van der Waals surface area contributed by atoms with Crippen molar-refractivity contribution in [2.75, 3.05) is 0 Å². The van der Waals surface area contributed by atoms with Crippen molar-refractivity contribution >= 4 is 37.1 Å². The Morgan fingerprint density at radius 2 is 0.881 bits per heavy atom. The van der Waals surface area contributed by atoms with Gasteiger partial charge in [-0.25, -0.2) is 0 Å². The van der Waals surface area contributed by atoms with E-state index in [2.05, 4.69) is 97.1 Å². The molecule has 4 aromatic carbocycles. The minimum Gasteiger partial charge on any atom is -0.0686 e. The van der Waals surface area contributed by atoms with Crippen LogP contribution in [-0.2, 0) is 25.7 Å². The van der Waals surface area contributed by atoms with Gasteiger partial charge in [0.1, 0.15) is 0 Å². The maximum absolute atomic E-state index is 2.74. The Morgan fingerprint density at radius 1 is 0.429 bits per heavy atom. The summed E-state index contributed by atoms with van der Waals surface area (Å²) in [6, 6.07) is 38.0. The minimum absolute atomic E-state index is 0.0904. The third kappa shape index (κ3) is 6.33. The Bertz CT molecular complexity index is 1390. The second-order valence-electron chi connectivity index (χ2n) is 12.9. The zero-order valence-corrected chi connectivity index (χ0v) is 27.0. The molecule has 0 heterocycles. The number of aryl methyl sites for hydroxylation is 4. The van der Waals surface area contributed by atoms with Gasteiger partial charge in [0.2, 0.25) is 0 Å². The molecule has 2 heteroatoms. The molecule has 6 aliphatic carbocycles. The van der Waals surface area contributed by atoms with Crippen LogP contribution < -0.4 is 21.2 Å². The van der Waals surface area contributed by atoms with Gasteiger partial charge in [-0.15, -0.1) is 0 Å². The fourth-order valence-corrected chi connectivity index (χ4v) is 14.6. The highest BCUT2D eigenvalue weighted by Gasteiger charge is 2.34. The van der Waals surface area contributed by atoms with E-state index in [9.17, 15) is 0 Å². The van der Waals surface area contributed by atoms with E-state index >= 15 is 0 Å². The molecule has 0 saturated heterocycles. The van der Waals surface area contributed by atoms with Gasteiger partial charge in [-0.1, -0.05) is 144 Å². The molecule has 0 N–H and O–H groups in total. The van der Waals surface area contributed by atoms with Crippen molar-refractivity contribution in [3.8, 4) is 0 Å². The van der Waals surface area contributed by atoms with Crippen LogP contribution >= 0.6 is 15.8 Å². The van der Waals surface area contributed by atoms with Gasteiger partial charge < -0.3 is 0 Å². The average Bonchev–Trinajstić information content (AvgIpc) is 3.05. The lowest BCUT2D eigenvalue weighted by atomic mass is 9.96. The summed E-state index contributed by atoms with van der Waals surface area (Å²) in [5.41, 5.74) is 8.23. The van der Waals surface area contributed by atoms with Crippen molar-refractivity contribution < 1.29 is 0 Å². The standard InChI is InChI=1S/C40H46P2/c1-5-13-35(14-6-1)41(36-15-7-2-8-16-36)39-29-31-21-22-32-24-26-34(28-27-33(39)25-23-31)40(30-32)42(37-17-9-3-10-18-37)38-19-11-4-12-20-38/h1-2,5-8,13-16,23-26,29-30,37-38H,3-4,9-12,17-22,27-28H2. The molecule has 6 aliphatic rings. The summed E-state index contributed by atoms with van der Waals surface area (Å²) in [5, 5.41) is 6.34. The fraction of sp³-hybridized carbons (Fsp3) is 0.400. The van der Waals surface area contributed by atoms with Crippen LogP contribution in [0.5, 0.6) is 0 Å². The van der Waals surface area contributed by atoms with Gasteiger partial charge in [-0.3, -0.25) is 0 Å². The third-order valence-corrected chi connectivity index (χ3v) is 16.3.